The number of halogens is 3. The molecule has 0 aliphatic heterocycles. The van der Waals surface area contributed by atoms with E-state index in [4.69, 9.17) is 14.9 Å². The standard InChI is InChI=1S/C13H19NO.C11H11F3O2/c1-4-6-12(14)11-8-7-10(5-2)13(9-11)15-3;1-7(15)10(16-2)8-4-3-5-9(6-8)11(12,13)14/h7-9,14H,4-6H2,1-3H3;3-6,10H,1-2H3. The van der Waals surface area contributed by atoms with Gasteiger partial charge in [0.1, 0.15) is 11.9 Å². The van der Waals surface area contributed by atoms with E-state index in [1.807, 2.05) is 12.1 Å². The Morgan fingerprint density at radius 3 is 2.26 bits per heavy atom. The van der Waals surface area contributed by atoms with Crippen molar-refractivity contribution >= 4 is 11.5 Å². The Hall–Kier alpha value is -2.67. The van der Waals surface area contributed by atoms with Gasteiger partial charge in [0.15, 0.2) is 5.78 Å². The minimum absolute atomic E-state index is 0.213. The number of ketones is 1. The third-order valence-corrected chi connectivity index (χ3v) is 4.64. The van der Waals surface area contributed by atoms with Gasteiger partial charge in [-0.2, -0.15) is 13.2 Å². The van der Waals surface area contributed by atoms with Gasteiger partial charge >= 0.3 is 6.18 Å². The molecule has 2 aromatic rings. The fourth-order valence-corrected chi connectivity index (χ4v) is 3.03. The molecule has 2 rings (SSSR count). The van der Waals surface area contributed by atoms with Crippen molar-refractivity contribution in [3.63, 3.8) is 0 Å². The molecule has 0 amide bonds. The van der Waals surface area contributed by atoms with Gasteiger partial charge in [0, 0.05) is 12.8 Å². The Bertz CT molecular complexity index is 879. The molecular weight excluding hydrogens is 407 g/mol. The summed E-state index contributed by atoms with van der Waals surface area (Å²) in [5.74, 6) is 0.567. The maximum Gasteiger partial charge on any atom is 0.416 e. The van der Waals surface area contributed by atoms with E-state index in [1.54, 1.807) is 7.11 Å². The number of benzene rings is 2. The molecule has 0 radical (unpaired) electrons. The van der Waals surface area contributed by atoms with Crippen molar-refractivity contribution in [2.75, 3.05) is 14.2 Å². The molecule has 0 heterocycles. The number of alkyl halides is 3. The average Bonchev–Trinajstić information content (AvgIpc) is 2.73. The van der Waals surface area contributed by atoms with Crippen molar-refractivity contribution in [2.45, 2.75) is 52.3 Å². The number of carbonyl (C=O) groups excluding carboxylic acids is 1. The Balaban J connectivity index is 0.000000311. The molecule has 0 fully saturated rings. The second kappa shape index (κ2) is 12.2. The predicted molar refractivity (Wildman–Crippen MR) is 116 cm³/mol. The number of ether oxygens (including phenoxy) is 2. The van der Waals surface area contributed by atoms with Crippen molar-refractivity contribution in [1.29, 1.82) is 5.41 Å². The molecule has 4 nitrogen and oxygen atoms in total. The molecule has 0 aromatic heterocycles. The van der Waals surface area contributed by atoms with E-state index >= 15 is 0 Å². The zero-order chi connectivity index (χ0) is 23.6. The summed E-state index contributed by atoms with van der Waals surface area (Å²) in [6.45, 7) is 5.47. The average molecular weight is 438 g/mol. The molecule has 7 heteroatoms. The Labute approximate surface area is 181 Å². The van der Waals surface area contributed by atoms with Gasteiger partial charge in [-0.05, 0) is 54.7 Å². The van der Waals surface area contributed by atoms with Gasteiger partial charge in [0.05, 0.1) is 12.7 Å². The monoisotopic (exact) mass is 437 g/mol. The smallest absolute Gasteiger partial charge is 0.416 e. The molecule has 1 atom stereocenters. The van der Waals surface area contributed by atoms with Crippen molar-refractivity contribution in [3.05, 3.63) is 64.7 Å². The minimum Gasteiger partial charge on any atom is -0.496 e. The first-order valence-electron chi connectivity index (χ1n) is 10.0. The third-order valence-electron chi connectivity index (χ3n) is 4.64. The zero-order valence-corrected chi connectivity index (χ0v) is 18.6. The van der Waals surface area contributed by atoms with Crippen molar-refractivity contribution < 1.29 is 27.4 Å². The van der Waals surface area contributed by atoms with Crippen molar-refractivity contribution in [2.24, 2.45) is 0 Å². The van der Waals surface area contributed by atoms with Crippen LogP contribution >= 0.6 is 0 Å². The van der Waals surface area contributed by atoms with Gasteiger partial charge in [0.25, 0.3) is 0 Å². The number of hydrogen-bond acceptors (Lipinski definition) is 4. The molecular formula is C24H30F3NO3. The molecule has 2 aromatic carbocycles. The number of rotatable bonds is 8. The lowest BCUT2D eigenvalue weighted by atomic mass is 10.0. The van der Waals surface area contributed by atoms with Gasteiger partial charge < -0.3 is 14.9 Å². The third kappa shape index (κ3) is 7.83. The predicted octanol–water partition coefficient (Wildman–Crippen LogP) is 6.41. The highest BCUT2D eigenvalue weighted by Crippen LogP contribution is 2.31. The van der Waals surface area contributed by atoms with Crippen LogP contribution in [0.5, 0.6) is 5.75 Å². The van der Waals surface area contributed by atoms with Gasteiger partial charge in [-0.3, -0.25) is 4.79 Å². The van der Waals surface area contributed by atoms with Crippen LogP contribution in [0.25, 0.3) is 0 Å². The number of hydrogen-bond donors (Lipinski definition) is 1. The largest absolute Gasteiger partial charge is 0.496 e. The summed E-state index contributed by atoms with van der Waals surface area (Å²) >= 11 is 0. The fraction of sp³-hybridized carbons (Fsp3) is 0.417. The molecule has 170 valence electrons. The van der Waals surface area contributed by atoms with Gasteiger partial charge in [-0.15, -0.1) is 0 Å². The highest BCUT2D eigenvalue weighted by molar-refractivity contribution is 5.98. The van der Waals surface area contributed by atoms with E-state index in [2.05, 4.69) is 19.9 Å². The minimum atomic E-state index is -4.41. The first-order valence-corrected chi connectivity index (χ1v) is 10.0. The first kappa shape index (κ1) is 26.4. The summed E-state index contributed by atoms with van der Waals surface area (Å²) in [6, 6.07) is 10.6. The van der Waals surface area contributed by atoms with Crippen LogP contribution in [0.4, 0.5) is 13.2 Å². The lowest BCUT2D eigenvalue weighted by Gasteiger charge is -2.14. The summed E-state index contributed by atoms with van der Waals surface area (Å²) in [7, 11) is 2.97. The molecule has 0 bridgehead atoms. The van der Waals surface area contributed by atoms with Crippen molar-refractivity contribution in [3.8, 4) is 5.75 Å². The topological polar surface area (TPSA) is 59.4 Å². The molecule has 0 aliphatic rings. The Kier molecular flexibility index (Phi) is 10.4. The van der Waals surface area contributed by atoms with Crippen LogP contribution < -0.4 is 4.74 Å². The number of Topliss-reactive ketones (excluding diaryl/α,β-unsaturated/α-hetero) is 1. The summed E-state index contributed by atoms with van der Waals surface area (Å²) in [5, 5.41) is 7.87. The van der Waals surface area contributed by atoms with E-state index in [0.29, 0.717) is 5.71 Å². The van der Waals surface area contributed by atoms with E-state index in [1.165, 1.54) is 31.7 Å². The van der Waals surface area contributed by atoms with Crippen molar-refractivity contribution in [1.82, 2.24) is 0 Å². The Morgan fingerprint density at radius 2 is 1.77 bits per heavy atom. The summed E-state index contributed by atoms with van der Waals surface area (Å²) in [5.41, 5.74) is 2.30. The molecule has 1 unspecified atom stereocenters. The number of methoxy groups -OCH3 is 2. The summed E-state index contributed by atoms with van der Waals surface area (Å²) in [4.78, 5) is 11.1. The van der Waals surface area contributed by atoms with E-state index < -0.39 is 17.8 Å². The second-order valence-electron chi connectivity index (χ2n) is 6.96. The maximum atomic E-state index is 12.4. The van der Waals surface area contributed by atoms with E-state index in [-0.39, 0.29) is 11.3 Å². The molecule has 1 N–H and O–H groups in total. The fourth-order valence-electron chi connectivity index (χ4n) is 3.03. The van der Waals surface area contributed by atoms with Crippen LogP contribution in [0, 0.1) is 5.41 Å². The quantitative estimate of drug-likeness (QED) is 0.486. The molecule has 0 saturated carbocycles. The lowest BCUT2D eigenvalue weighted by Crippen LogP contribution is -2.13. The molecule has 0 saturated heterocycles. The summed E-state index contributed by atoms with van der Waals surface area (Å²) < 4.78 is 47.4. The van der Waals surface area contributed by atoms with Gasteiger partial charge in [-0.25, -0.2) is 0 Å². The van der Waals surface area contributed by atoms with Crippen LogP contribution in [0.2, 0.25) is 0 Å². The highest BCUT2D eigenvalue weighted by Gasteiger charge is 2.31. The molecule has 0 spiro atoms. The van der Waals surface area contributed by atoms with Gasteiger partial charge in [-0.1, -0.05) is 44.5 Å². The van der Waals surface area contributed by atoms with Crippen LogP contribution in [-0.2, 0) is 22.1 Å². The zero-order valence-electron chi connectivity index (χ0n) is 18.6. The molecule has 31 heavy (non-hydrogen) atoms. The first-order chi connectivity index (χ1) is 14.6. The lowest BCUT2D eigenvalue weighted by molar-refractivity contribution is -0.138. The molecule has 0 aliphatic carbocycles. The van der Waals surface area contributed by atoms with E-state index in [0.717, 1.165) is 42.7 Å². The van der Waals surface area contributed by atoms with Crippen LogP contribution in [-0.4, -0.2) is 25.7 Å². The number of aryl methyl sites for hydroxylation is 1. The second-order valence-corrected chi connectivity index (χ2v) is 6.96. The normalized spacial score (nSPS) is 11.9. The Morgan fingerprint density at radius 1 is 1.10 bits per heavy atom. The van der Waals surface area contributed by atoms with Crippen LogP contribution in [0.15, 0.2) is 42.5 Å². The highest BCUT2D eigenvalue weighted by atomic mass is 19.4. The number of carbonyl (C=O) groups is 1. The summed E-state index contributed by atoms with van der Waals surface area (Å²) in [6.07, 6.45) is -2.55. The SMILES string of the molecule is CCCC(=N)c1ccc(CC)c(OC)c1.COC(C(C)=O)c1cccc(C(F)(F)F)c1. The maximum absolute atomic E-state index is 12.4. The van der Waals surface area contributed by atoms with E-state index in [9.17, 15) is 18.0 Å². The number of nitrogens with one attached hydrogen (secondary N) is 1. The van der Waals surface area contributed by atoms with Gasteiger partial charge in [0.2, 0.25) is 0 Å². The van der Waals surface area contributed by atoms with Crippen LogP contribution in [0.1, 0.15) is 62.0 Å². The van der Waals surface area contributed by atoms with Crippen LogP contribution in [0.3, 0.4) is 0 Å².